The predicted molar refractivity (Wildman–Crippen MR) is 155 cm³/mol. The molecule has 1 aliphatic carbocycles. The fourth-order valence-electron chi connectivity index (χ4n) is 5.31. The van der Waals surface area contributed by atoms with E-state index in [0.29, 0.717) is 23.8 Å². The molecule has 12 heteroatoms. The zero-order valence-electron chi connectivity index (χ0n) is 23.8. The molecule has 1 aromatic rings. The molecule has 2 aliphatic heterocycles. The normalized spacial score (nSPS) is 25.4. The molecular formula is C29H38ClN3O7S. The quantitative estimate of drug-likeness (QED) is 0.508. The molecular weight excluding hydrogens is 570 g/mol. The summed E-state index contributed by atoms with van der Waals surface area (Å²) in [4.78, 5) is 41.2. The van der Waals surface area contributed by atoms with Gasteiger partial charge in [0.05, 0.1) is 11.8 Å². The van der Waals surface area contributed by atoms with Gasteiger partial charge in [-0.05, 0) is 70.2 Å². The number of sulfone groups is 1. The highest BCUT2D eigenvalue weighted by atomic mass is 35.5. The molecule has 0 bridgehead atoms. The van der Waals surface area contributed by atoms with Gasteiger partial charge in [0.15, 0.2) is 9.84 Å². The van der Waals surface area contributed by atoms with E-state index in [-0.39, 0.29) is 30.0 Å². The van der Waals surface area contributed by atoms with Gasteiger partial charge in [-0.15, -0.1) is 0 Å². The number of alkyl carbamates (subject to hydrolysis) is 1. The molecule has 41 heavy (non-hydrogen) atoms. The second-order valence-corrected chi connectivity index (χ2v) is 14.4. The van der Waals surface area contributed by atoms with E-state index in [1.807, 2.05) is 6.92 Å². The minimum atomic E-state index is -3.94. The number of halogens is 1. The molecule has 2 unspecified atom stereocenters. The van der Waals surface area contributed by atoms with Crippen LogP contribution in [-0.2, 0) is 35.4 Å². The van der Waals surface area contributed by atoms with Crippen molar-refractivity contribution in [1.82, 2.24) is 15.5 Å². The Labute approximate surface area is 246 Å². The van der Waals surface area contributed by atoms with E-state index in [1.54, 1.807) is 45.0 Å². The van der Waals surface area contributed by atoms with Crippen LogP contribution in [0, 0.1) is 5.92 Å². The lowest BCUT2D eigenvalue weighted by Crippen LogP contribution is -2.52. The van der Waals surface area contributed by atoms with Gasteiger partial charge in [-0.1, -0.05) is 35.9 Å². The second-order valence-electron chi connectivity index (χ2n) is 11.8. The molecule has 3 aliphatic rings. The number of carbonyl (C=O) groups excluding carboxylic acids is 3. The monoisotopic (exact) mass is 607 g/mol. The Bertz CT molecular complexity index is 1310. The molecule has 0 aromatic heterocycles. The van der Waals surface area contributed by atoms with Gasteiger partial charge in [0.25, 0.3) is 5.91 Å². The Kier molecular flexibility index (Phi) is 9.50. The number of fused-ring (bicyclic) bond motifs is 1. The Hall–Kier alpha value is -2.89. The average Bonchev–Trinajstić information content (AvgIpc) is 2.97. The maximum absolute atomic E-state index is 13.9. The standard InChI is InChI=1S/C29H38ClN3O7S/c1-18(20-11-13-39-14-12-20)31-26(34)21-7-10-25-24(15-21)33(16-19-5-8-22(30)9-6-19)27(35)23(17-41(25,37)38)32-28(36)40-29(2,3)4/h5-10,15,18,20,23-25H,11-14,16-17H2,1-4H3,(H,31,34)(H,32,36)/t18-,23+,24?,25?/m1/s1. The molecule has 224 valence electrons. The highest BCUT2D eigenvalue weighted by Crippen LogP contribution is 2.30. The number of benzene rings is 1. The molecule has 10 nitrogen and oxygen atoms in total. The van der Waals surface area contributed by atoms with E-state index in [4.69, 9.17) is 21.1 Å². The predicted octanol–water partition coefficient (Wildman–Crippen LogP) is 3.16. The minimum Gasteiger partial charge on any atom is -0.444 e. The van der Waals surface area contributed by atoms with Gasteiger partial charge in [0.1, 0.15) is 16.9 Å². The first kappa shape index (κ1) is 31.1. The van der Waals surface area contributed by atoms with Crippen LogP contribution >= 0.6 is 11.6 Å². The first-order valence-electron chi connectivity index (χ1n) is 13.8. The zero-order valence-corrected chi connectivity index (χ0v) is 25.3. The van der Waals surface area contributed by atoms with Gasteiger partial charge >= 0.3 is 6.09 Å². The van der Waals surface area contributed by atoms with Gasteiger partial charge in [-0.25, -0.2) is 13.2 Å². The Morgan fingerprint density at radius 2 is 1.83 bits per heavy atom. The van der Waals surface area contributed by atoms with Gasteiger partial charge in [-0.3, -0.25) is 9.59 Å². The van der Waals surface area contributed by atoms with Crippen molar-refractivity contribution in [3.05, 3.63) is 58.7 Å². The van der Waals surface area contributed by atoms with Crippen molar-refractivity contribution in [1.29, 1.82) is 0 Å². The number of hydrogen-bond donors (Lipinski definition) is 2. The summed E-state index contributed by atoms with van der Waals surface area (Å²) in [6.45, 7) is 8.30. The smallest absolute Gasteiger partial charge is 0.408 e. The first-order chi connectivity index (χ1) is 19.2. The zero-order chi connectivity index (χ0) is 29.9. The lowest BCUT2D eigenvalue weighted by molar-refractivity contribution is -0.134. The van der Waals surface area contributed by atoms with Crippen molar-refractivity contribution < 1.29 is 32.3 Å². The molecule has 1 aromatic carbocycles. The maximum atomic E-state index is 13.9. The van der Waals surface area contributed by atoms with Crippen molar-refractivity contribution in [3.8, 4) is 0 Å². The molecule has 0 spiro atoms. The summed E-state index contributed by atoms with van der Waals surface area (Å²) in [5.74, 6) is -1.27. The van der Waals surface area contributed by atoms with Crippen molar-refractivity contribution in [3.63, 3.8) is 0 Å². The molecule has 2 N–H and O–H groups in total. The van der Waals surface area contributed by atoms with E-state index in [0.717, 1.165) is 12.8 Å². The van der Waals surface area contributed by atoms with Crippen LogP contribution in [0.4, 0.5) is 4.79 Å². The van der Waals surface area contributed by atoms with Gasteiger partial charge in [-0.2, -0.15) is 0 Å². The fourth-order valence-corrected chi connectivity index (χ4v) is 7.31. The molecule has 0 radical (unpaired) electrons. The van der Waals surface area contributed by atoms with E-state index < -0.39 is 50.5 Å². The number of hydrogen-bond acceptors (Lipinski definition) is 7. The Balaban J connectivity index is 1.65. The third-order valence-electron chi connectivity index (χ3n) is 7.46. The number of carbonyl (C=O) groups is 3. The summed E-state index contributed by atoms with van der Waals surface area (Å²) in [6, 6.07) is 4.38. The summed E-state index contributed by atoms with van der Waals surface area (Å²) < 4.78 is 37.9. The molecule has 3 amide bonds. The number of ether oxygens (including phenoxy) is 2. The molecule has 4 rings (SSSR count). The third-order valence-corrected chi connectivity index (χ3v) is 9.77. The van der Waals surface area contributed by atoms with Crippen molar-refractivity contribution in [2.24, 2.45) is 5.92 Å². The molecule has 2 saturated heterocycles. The first-order valence-corrected chi connectivity index (χ1v) is 15.9. The lowest BCUT2D eigenvalue weighted by atomic mass is 9.92. The number of nitrogens with one attached hydrogen (secondary N) is 2. The summed E-state index contributed by atoms with van der Waals surface area (Å²) in [7, 11) is -3.94. The Morgan fingerprint density at radius 1 is 1.17 bits per heavy atom. The molecule has 2 heterocycles. The van der Waals surface area contributed by atoms with E-state index >= 15 is 0 Å². The highest BCUT2D eigenvalue weighted by Gasteiger charge is 2.46. The molecule has 4 atom stereocenters. The summed E-state index contributed by atoms with van der Waals surface area (Å²) in [5, 5.41) is 4.91. The maximum Gasteiger partial charge on any atom is 0.408 e. The van der Waals surface area contributed by atoms with Crippen LogP contribution in [0.2, 0.25) is 5.02 Å². The topological polar surface area (TPSA) is 131 Å². The van der Waals surface area contributed by atoms with E-state index in [1.165, 1.54) is 23.1 Å². The largest absolute Gasteiger partial charge is 0.444 e. The van der Waals surface area contributed by atoms with Crippen molar-refractivity contribution in [2.45, 2.75) is 76.1 Å². The SMILES string of the molecule is C[C@@H](NC(=O)C1=CC2C(C=C1)S(=O)(=O)C[C@H](NC(=O)OC(C)(C)C)C(=O)N2Cc1ccc(Cl)cc1)C1CCOCC1. The Morgan fingerprint density at radius 3 is 2.46 bits per heavy atom. The van der Waals surface area contributed by atoms with Crippen LogP contribution in [0.15, 0.2) is 48.1 Å². The van der Waals surface area contributed by atoms with Crippen LogP contribution in [-0.4, -0.2) is 79.2 Å². The van der Waals surface area contributed by atoms with Crippen LogP contribution in [0.1, 0.15) is 46.1 Å². The second kappa shape index (κ2) is 12.5. The number of amides is 3. The van der Waals surface area contributed by atoms with E-state index in [9.17, 15) is 22.8 Å². The minimum absolute atomic E-state index is 0.0386. The van der Waals surface area contributed by atoms with Crippen LogP contribution in [0.3, 0.4) is 0 Å². The number of nitrogens with zero attached hydrogens (tertiary/aromatic N) is 1. The number of rotatable bonds is 6. The summed E-state index contributed by atoms with van der Waals surface area (Å²) in [5.41, 5.74) is 0.134. The average molecular weight is 608 g/mol. The van der Waals surface area contributed by atoms with Gasteiger partial charge in [0, 0.05) is 36.4 Å². The van der Waals surface area contributed by atoms with Crippen molar-refractivity contribution >= 4 is 39.3 Å². The molecule has 2 fully saturated rings. The van der Waals surface area contributed by atoms with Crippen LogP contribution in [0.25, 0.3) is 0 Å². The third kappa shape index (κ3) is 7.90. The van der Waals surface area contributed by atoms with Crippen LogP contribution < -0.4 is 10.6 Å². The highest BCUT2D eigenvalue weighted by molar-refractivity contribution is 7.92. The van der Waals surface area contributed by atoms with Crippen molar-refractivity contribution in [2.75, 3.05) is 19.0 Å². The summed E-state index contributed by atoms with van der Waals surface area (Å²) in [6.07, 6.45) is 5.29. The van der Waals surface area contributed by atoms with E-state index in [2.05, 4.69) is 10.6 Å². The fraction of sp³-hybridized carbons (Fsp3) is 0.552. The summed E-state index contributed by atoms with van der Waals surface area (Å²) >= 11 is 6.05. The van der Waals surface area contributed by atoms with Gasteiger partial charge < -0.3 is 25.0 Å². The lowest BCUT2D eigenvalue weighted by Gasteiger charge is -2.34. The van der Waals surface area contributed by atoms with Gasteiger partial charge in [0.2, 0.25) is 5.91 Å². The van der Waals surface area contributed by atoms with Crippen LogP contribution in [0.5, 0.6) is 0 Å². The molecule has 0 saturated carbocycles.